The Hall–Kier alpha value is -1.30. The zero-order valence-corrected chi connectivity index (χ0v) is 12.0. The van der Waals surface area contributed by atoms with E-state index in [1.54, 1.807) is 20.8 Å². The summed E-state index contributed by atoms with van der Waals surface area (Å²) in [7, 11) is 1.31. The lowest BCUT2D eigenvalue weighted by Gasteiger charge is -2.30. The topological polar surface area (TPSA) is 73.9 Å². The Morgan fingerprint density at radius 2 is 1.84 bits per heavy atom. The first-order chi connectivity index (χ1) is 8.83. The van der Waals surface area contributed by atoms with Crippen LogP contribution in [0.25, 0.3) is 0 Å². The van der Waals surface area contributed by atoms with Crippen LogP contribution in [0.2, 0.25) is 0 Å². The minimum atomic E-state index is -0.677. The number of methoxy groups -OCH3 is 1. The summed E-state index contributed by atoms with van der Waals surface area (Å²) in [5, 5.41) is 2.60. The van der Waals surface area contributed by atoms with Gasteiger partial charge in [0.15, 0.2) is 0 Å². The van der Waals surface area contributed by atoms with E-state index in [-0.39, 0.29) is 5.92 Å². The van der Waals surface area contributed by atoms with Crippen molar-refractivity contribution in [3.8, 4) is 0 Å². The lowest BCUT2D eigenvalue weighted by molar-refractivity contribution is -0.145. The highest BCUT2D eigenvalue weighted by atomic mass is 16.6. The van der Waals surface area contributed by atoms with Gasteiger partial charge in [-0.25, -0.2) is 9.59 Å². The van der Waals surface area contributed by atoms with Gasteiger partial charge in [-0.2, -0.15) is 0 Å². The van der Waals surface area contributed by atoms with E-state index in [2.05, 4.69) is 5.32 Å². The second kappa shape index (κ2) is 6.75. The number of ether oxygens (including phenoxy) is 3. The third-order valence-corrected chi connectivity index (χ3v) is 2.86. The summed E-state index contributed by atoms with van der Waals surface area (Å²) in [6.07, 6.45) is 0.833. The lowest BCUT2D eigenvalue weighted by atomic mass is 9.92. The number of hydrogen-bond donors (Lipinski definition) is 1. The van der Waals surface area contributed by atoms with Crippen LogP contribution < -0.4 is 5.32 Å². The largest absolute Gasteiger partial charge is 0.467 e. The van der Waals surface area contributed by atoms with Crippen molar-refractivity contribution in [2.24, 2.45) is 5.92 Å². The van der Waals surface area contributed by atoms with Crippen LogP contribution in [0.1, 0.15) is 33.6 Å². The van der Waals surface area contributed by atoms with E-state index in [1.807, 2.05) is 0 Å². The number of hydrogen-bond acceptors (Lipinski definition) is 5. The van der Waals surface area contributed by atoms with Gasteiger partial charge in [0.2, 0.25) is 0 Å². The van der Waals surface area contributed by atoms with Crippen LogP contribution in [0.15, 0.2) is 0 Å². The summed E-state index contributed by atoms with van der Waals surface area (Å²) in [5.74, 6) is -0.425. The molecule has 110 valence electrons. The molecule has 0 spiro atoms. The molecule has 1 unspecified atom stereocenters. The maximum Gasteiger partial charge on any atom is 0.408 e. The van der Waals surface area contributed by atoms with Crippen LogP contribution in [0, 0.1) is 5.92 Å². The Morgan fingerprint density at radius 1 is 1.26 bits per heavy atom. The van der Waals surface area contributed by atoms with Gasteiger partial charge in [0.1, 0.15) is 11.6 Å². The molecule has 0 aliphatic carbocycles. The van der Waals surface area contributed by atoms with Crippen molar-refractivity contribution in [1.82, 2.24) is 5.32 Å². The Balaban J connectivity index is 2.64. The average Bonchev–Trinajstić information content (AvgIpc) is 2.34. The summed E-state index contributed by atoms with van der Waals surface area (Å²) in [6, 6.07) is -0.677. The minimum absolute atomic E-state index is 0.0220. The van der Waals surface area contributed by atoms with Crippen LogP contribution in [0.3, 0.4) is 0 Å². The van der Waals surface area contributed by atoms with Gasteiger partial charge in [0.05, 0.1) is 7.11 Å². The van der Waals surface area contributed by atoms with Crippen LogP contribution in [-0.2, 0) is 19.0 Å². The lowest BCUT2D eigenvalue weighted by Crippen LogP contribution is -2.49. The molecular formula is C13H23NO5. The van der Waals surface area contributed by atoms with Gasteiger partial charge < -0.3 is 19.5 Å². The molecular weight excluding hydrogens is 250 g/mol. The quantitative estimate of drug-likeness (QED) is 0.788. The van der Waals surface area contributed by atoms with E-state index in [4.69, 9.17) is 14.2 Å². The molecule has 1 amide bonds. The minimum Gasteiger partial charge on any atom is -0.467 e. The first-order valence-electron chi connectivity index (χ1n) is 6.48. The van der Waals surface area contributed by atoms with E-state index in [0.717, 1.165) is 12.8 Å². The third kappa shape index (κ3) is 5.46. The molecule has 1 rings (SSSR count). The Kier molecular flexibility index (Phi) is 5.60. The number of nitrogens with one attached hydrogen (secondary N) is 1. The zero-order valence-electron chi connectivity index (χ0n) is 12.0. The predicted octanol–water partition coefficient (Wildman–Crippen LogP) is 1.48. The Bertz CT molecular complexity index is 317. The summed E-state index contributed by atoms with van der Waals surface area (Å²) in [4.78, 5) is 23.5. The van der Waals surface area contributed by atoms with Crippen molar-refractivity contribution in [3.05, 3.63) is 0 Å². The molecule has 1 fully saturated rings. The zero-order chi connectivity index (χ0) is 14.5. The van der Waals surface area contributed by atoms with E-state index in [0.29, 0.717) is 13.2 Å². The molecule has 1 aliphatic heterocycles. The summed E-state index contributed by atoms with van der Waals surface area (Å²) < 4.78 is 15.2. The van der Waals surface area contributed by atoms with E-state index >= 15 is 0 Å². The monoisotopic (exact) mass is 273 g/mol. The maximum atomic E-state index is 11.8. The highest BCUT2D eigenvalue weighted by molar-refractivity contribution is 5.81. The van der Waals surface area contributed by atoms with Gasteiger partial charge in [0.25, 0.3) is 0 Å². The van der Waals surface area contributed by atoms with E-state index < -0.39 is 23.7 Å². The Morgan fingerprint density at radius 3 is 2.32 bits per heavy atom. The molecule has 0 saturated carbocycles. The number of amides is 1. The molecule has 1 N–H and O–H groups in total. The molecule has 1 saturated heterocycles. The van der Waals surface area contributed by atoms with Crippen LogP contribution in [0.4, 0.5) is 4.79 Å². The highest BCUT2D eigenvalue weighted by Gasteiger charge is 2.33. The second-order valence-electron chi connectivity index (χ2n) is 5.60. The highest BCUT2D eigenvalue weighted by Crippen LogP contribution is 2.20. The van der Waals surface area contributed by atoms with Gasteiger partial charge in [0, 0.05) is 13.2 Å². The van der Waals surface area contributed by atoms with Crippen molar-refractivity contribution >= 4 is 12.1 Å². The molecule has 6 heteroatoms. The normalized spacial score (nSPS) is 18.5. The third-order valence-electron chi connectivity index (χ3n) is 2.86. The molecule has 0 aromatic rings. The standard InChI is InChI=1S/C13H23NO5/c1-13(2,3)19-12(16)14-10(11(15)17-4)9-5-7-18-8-6-9/h9-10H,5-8H2,1-4H3,(H,14,16). The van der Waals surface area contributed by atoms with Crippen molar-refractivity contribution < 1.29 is 23.8 Å². The fraction of sp³-hybridized carbons (Fsp3) is 0.846. The van der Waals surface area contributed by atoms with E-state index in [1.165, 1.54) is 7.11 Å². The smallest absolute Gasteiger partial charge is 0.408 e. The molecule has 0 bridgehead atoms. The van der Waals surface area contributed by atoms with Crippen molar-refractivity contribution in [3.63, 3.8) is 0 Å². The molecule has 19 heavy (non-hydrogen) atoms. The first-order valence-corrected chi connectivity index (χ1v) is 6.48. The molecule has 1 heterocycles. The van der Waals surface area contributed by atoms with Crippen LogP contribution in [-0.4, -0.2) is 44.0 Å². The van der Waals surface area contributed by atoms with Gasteiger partial charge in [-0.3, -0.25) is 0 Å². The van der Waals surface area contributed by atoms with Gasteiger partial charge in [-0.1, -0.05) is 0 Å². The summed E-state index contributed by atoms with van der Waals surface area (Å²) in [5.41, 5.74) is -0.597. The van der Waals surface area contributed by atoms with Crippen LogP contribution >= 0.6 is 0 Å². The molecule has 0 aromatic carbocycles. The fourth-order valence-electron chi connectivity index (χ4n) is 1.98. The van der Waals surface area contributed by atoms with Crippen molar-refractivity contribution in [1.29, 1.82) is 0 Å². The summed E-state index contributed by atoms with van der Waals surface area (Å²) >= 11 is 0. The fourth-order valence-corrected chi connectivity index (χ4v) is 1.98. The number of alkyl carbamates (subject to hydrolysis) is 1. The number of rotatable bonds is 3. The number of carbonyl (C=O) groups excluding carboxylic acids is 2. The molecule has 6 nitrogen and oxygen atoms in total. The number of esters is 1. The summed E-state index contributed by atoms with van der Waals surface area (Å²) in [6.45, 7) is 6.50. The van der Waals surface area contributed by atoms with Crippen molar-refractivity contribution in [2.75, 3.05) is 20.3 Å². The Labute approximate surface area is 113 Å². The van der Waals surface area contributed by atoms with Gasteiger partial charge in [-0.15, -0.1) is 0 Å². The molecule has 0 radical (unpaired) electrons. The van der Waals surface area contributed by atoms with E-state index in [9.17, 15) is 9.59 Å². The predicted molar refractivity (Wildman–Crippen MR) is 68.7 cm³/mol. The first kappa shape index (κ1) is 15.8. The SMILES string of the molecule is COC(=O)C(NC(=O)OC(C)(C)C)C1CCOCC1. The second-order valence-corrected chi connectivity index (χ2v) is 5.60. The molecule has 1 aliphatic rings. The molecule has 1 atom stereocenters. The van der Waals surface area contributed by atoms with Crippen molar-refractivity contribution in [2.45, 2.75) is 45.3 Å². The maximum absolute atomic E-state index is 11.8. The van der Waals surface area contributed by atoms with Gasteiger partial charge >= 0.3 is 12.1 Å². The number of carbonyl (C=O) groups is 2. The van der Waals surface area contributed by atoms with Crippen LogP contribution in [0.5, 0.6) is 0 Å². The van der Waals surface area contributed by atoms with Gasteiger partial charge in [-0.05, 0) is 39.5 Å². The average molecular weight is 273 g/mol. The molecule has 0 aromatic heterocycles.